The Labute approximate surface area is 108 Å². The van der Waals surface area contributed by atoms with E-state index >= 15 is 0 Å². The number of rotatable bonds is 7. The minimum absolute atomic E-state index is 0.536. The molecule has 3 heteroatoms. The zero-order valence-electron chi connectivity index (χ0n) is 10.7. The molecular formula is C13H23NS2. The fourth-order valence-electron chi connectivity index (χ4n) is 1.64. The lowest BCUT2D eigenvalue weighted by Crippen LogP contribution is -2.23. The maximum absolute atomic E-state index is 3.59. The van der Waals surface area contributed by atoms with Crippen molar-refractivity contribution in [2.75, 3.05) is 18.1 Å². The van der Waals surface area contributed by atoms with E-state index in [0.717, 1.165) is 12.5 Å². The standard InChI is InChI=1S/C13H23NS2/c1-5-14-12(9-15-8-10(2)3)13-11(4)6-7-16-13/h6-7,10,12,14H,5,8-9H2,1-4H3. The van der Waals surface area contributed by atoms with Gasteiger partial charge in [-0.1, -0.05) is 20.8 Å². The third-order valence-corrected chi connectivity index (χ3v) is 5.01. The van der Waals surface area contributed by atoms with Crippen LogP contribution in [0.3, 0.4) is 0 Å². The molecule has 0 saturated heterocycles. The van der Waals surface area contributed by atoms with Crippen LogP contribution in [-0.4, -0.2) is 18.1 Å². The molecule has 1 aromatic rings. The Morgan fingerprint density at radius 2 is 2.12 bits per heavy atom. The zero-order chi connectivity index (χ0) is 12.0. The minimum Gasteiger partial charge on any atom is -0.309 e. The molecule has 0 aromatic carbocycles. The molecule has 1 heterocycles. The quantitative estimate of drug-likeness (QED) is 0.789. The van der Waals surface area contributed by atoms with Crippen LogP contribution in [0.5, 0.6) is 0 Å². The SMILES string of the molecule is CCNC(CSCC(C)C)c1sccc1C. The summed E-state index contributed by atoms with van der Waals surface area (Å²) < 4.78 is 0. The predicted octanol–water partition coefficient (Wildman–Crippen LogP) is 4.10. The fourth-order valence-corrected chi connectivity index (χ4v) is 3.87. The summed E-state index contributed by atoms with van der Waals surface area (Å²) in [4.78, 5) is 1.51. The summed E-state index contributed by atoms with van der Waals surface area (Å²) in [5.41, 5.74) is 1.43. The van der Waals surface area contributed by atoms with E-state index in [4.69, 9.17) is 0 Å². The second kappa shape index (κ2) is 7.36. The molecule has 1 aromatic heterocycles. The van der Waals surface area contributed by atoms with E-state index in [-0.39, 0.29) is 0 Å². The molecule has 0 aliphatic carbocycles. The molecule has 0 aliphatic heterocycles. The van der Waals surface area contributed by atoms with E-state index in [1.165, 1.54) is 21.9 Å². The van der Waals surface area contributed by atoms with Crippen molar-refractivity contribution in [2.24, 2.45) is 5.92 Å². The van der Waals surface area contributed by atoms with Crippen LogP contribution in [0.1, 0.15) is 37.3 Å². The van der Waals surface area contributed by atoms with E-state index in [1.54, 1.807) is 0 Å². The summed E-state index contributed by atoms with van der Waals surface area (Å²) in [6.07, 6.45) is 0. The Balaban J connectivity index is 2.51. The molecule has 1 rings (SSSR count). The van der Waals surface area contributed by atoms with Crippen LogP contribution in [0.25, 0.3) is 0 Å². The highest BCUT2D eigenvalue weighted by Gasteiger charge is 2.14. The van der Waals surface area contributed by atoms with Gasteiger partial charge in [-0.05, 0) is 42.1 Å². The second-order valence-corrected chi connectivity index (χ2v) is 6.53. The summed E-state index contributed by atoms with van der Waals surface area (Å²) in [7, 11) is 0. The lowest BCUT2D eigenvalue weighted by Gasteiger charge is -2.17. The first-order valence-electron chi connectivity index (χ1n) is 6.00. The largest absolute Gasteiger partial charge is 0.309 e. The van der Waals surface area contributed by atoms with Crippen LogP contribution in [-0.2, 0) is 0 Å². The Morgan fingerprint density at radius 1 is 1.38 bits per heavy atom. The maximum atomic E-state index is 3.59. The third-order valence-electron chi connectivity index (χ3n) is 2.40. The number of hydrogen-bond donors (Lipinski definition) is 1. The smallest absolute Gasteiger partial charge is 0.0509 e. The van der Waals surface area contributed by atoms with Gasteiger partial charge in [0.05, 0.1) is 6.04 Å². The molecule has 0 saturated carbocycles. The summed E-state index contributed by atoms with van der Waals surface area (Å²) in [5.74, 6) is 3.23. The van der Waals surface area contributed by atoms with Crippen molar-refractivity contribution >= 4 is 23.1 Å². The van der Waals surface area contributed by atoms with E-state index in [0.29, 0.717) is 6.04 Å². The molecule has 16 heavy (non-hydrogen) atoms. The highest BCUT2D eigenvalue weighted by Crippen LogP contribution is 2.27. The first kappa shape index (κ1) is 14.1. The van der Waals surface area contributed by atoms with Crippen molar-refractivity contribution in [1.82, 2.24) is 5.32 Å². The lowest BCUT2D eigenvalue weighted by molar-refractivity contribution is 0.611. The Morgan fingerprint density at radius 3 is 2.62 bits per heavy atom. The van der Waals surface area contributed by atoms with Gasteiger partial charge in [0.1, 0.15) is 0 Å². The highest BCUT2D eigenvalue weighted by atomic mass is 32.2. The van der Waals surface area contributed by atoms with Gasteiger partial charge >= 0.3 is 0 Å². The van der Waals surface area contributed by atoms with E-state index < -0.39 is 0 Å². The molecule has 1 nitrogen and oxygen atoms in total. The predicted molar refractivity (Wildman–Crippen MR) is 77.6 cm³/mol. The van der Waals surface area contributed by atoms with Gasteiger partial charge in [-0.15, -0.1) is 11.3 Å². The molecule has 1 unspecified atom stereocenters. The van der Waals surface area contributed by atoms with Crippen molar-refractivity contribution in [2.45, 2.75) is 33.7 Å². The van der Waals surface area contributed by atoms with Crippen LogP contribution < -0.4 is 5.32 Å². The Hall–Kier alpha value is 0.0100. The van der Waals surface area contributed by atoms with Gasteiger partial charge in [-0.2, -0.15) is 11.8 Å². The first-order chi connectivity index (χ1) is 7.65. The zero-order valence-corrected chi connectivity index (χ0v) is 12.4. The van der Waals surface area contributed by atoms with E-state index in [2.05, 4.69) is 56.2 Å². The number of thioether (sulfide) groups is 1. The van der Waals surface area contributed by atoms with Crippen molar-refractivity contribution in [3.05, 3.63) is 21.9 Å². The molecule has 92 valence electrons. The van der Waals surface area contributed by atoms with Crippen LogP contribution in [0, 0.1) is 12.8 Å². The molecule has 0 spiro atoms. The average Bonchev–Trinajstić information content (AvgIpc) is 2.63. The van der Waals surface area contributed by atoms with Gasteiger partial charge in [0, 0.05) is 10.6 Å². The normalized spacial score (nSPS) is 13.3. The minimum atomic E-state index is 0.536. The summed E-state index contributed by atoms with van der Waals surface area (Å²) in [6, 6.07) is 2.76. The first-order valence-corrected chi connectivity index (χ1v) is 8.03. The molecular weight excluding hydrogens is 234 g/mol. The van der Waals surface area contributed by atoms with Gasteiger partial charge in [0.15, 0.2) is 0 Å². The highest BCUT2D eigenvalue weighted by molar-refractivity contribution is 7.99. The Bertz CT molecular complexity index is 294. The third kappa shape index (κ3) is 4.48. The summed E-state index contributed by atoms with van der Waals surface area (Å²) >= 11 is 3.94. The average molecular weight is 257 g/mol. The van der Waals surface area contributed by atoms with Crippen molar-refractivity contribution in [1.29, 1.82) is 0 Å². The van der Waals surface area contributed by atoms with Gasteiger partial charge < -0.3 is 5.32 Å². The molecule has 0 fully saturated rings. The van der Waals surface area contributed by atoms with Crippen LogP contribution >= 0.6 is 23.1 Å². The molecule has 0 radical (unpaired) electrons. The van der Waals surface area contributed by atoms with Gasteiger partial charge in [0.2, 0.25) is 0 Å². The van der Waals surface area contributed by atoms with Crippen LogP contribution in [0.15, 0.2) is 11.4 Å². The fraction of sp³-hybridized carbons (Fsp3) is 0.692. The summed E-state index contributed by atoms with van der Waals surface area (Å²) in [6.45, 7) is 10.0. The molecule has 1 N–H and O–H groups in total. The molecule has 0 amide bonds. The number of nitrogens with one attached hydrogen (secondary N) is 1. The summed E-state index contributed by atoms with van der Waals surface area (Å²) in [5, 5.41) is 5.79. The lowest BCUT2D eigenvalue weighted by atomic mass is 10.2. The number of aryl methyl sites for hydroxylation is 1. The molecule has 0 bridgehead atoms. The van der Waals surface area contributed by atoms with E-state index in [1.807, 2.05) is 11.3 Å². The number of thiophene rings is 1. The molecule has 0 aliphatic rings. The second-order valence-electron chi connectivity index (χ2n) is 4.51. The maximum Gasteiger partial charge on any atom is 0.0509 e. The van der Waals surface area contributed by atoms with Crippen LogP contribution in [0.2, 0.25) is 0 Å². The van der Waals surface area contributed by atoms with Gasteiger partial charge in [-0.3, -0.25) is 0 Å². The van der Waals surface area contributed by atoms with E-state index in [9.17, 15) is 0 Å². The monoisotopic (exact) mass is 257 g/mol. The molecule has 1 atom stereocenters. The van der Waals surface area contributed by atoms with Crippen LogP contribution in [0.4, 0.5) is 0 Å². The number of hydrogen-bond acceptors (Lipinski definition) is 3. The van der Waals surface area contributed by atoms with Crippen molar-refractivity contribution in [3.63, 3.8) is 0 Å². The van der Waals surface area contributed by atoms with Crippen molar-refractivity contribution < 1.29 is 0 Å². The topological polar surface area (TPSA) is 12.0 Å². The van der Waals surface area contributed by atoms with Crippen molar-refractivity contribution in [3.8, 4) is 0 Å². The Kier molecular flexibility index (Phi) is 6.47. The van der Waals surface area contributed by atoms with Gasteiger partial charge in [-0.25, -0.2) is 0 Å². The van der Waals surface area contributed by atoms with Gasteiger partial charge in [0.25, 0.3) is 0 Å².